The van der Waals surface area contributed by atoms with Crippen LogP contribution in [0.25, 0.3) is 0 Å². The number of hydrogen-bond donors (Lipinski definition) is 2. The van der Waals surface area contributed by atoms with Gasteiger partial charge in [0, 0.05) is 32.7 Å². The first-order valence-electron chi connectivity index (χ1n) is 9.12. The standard InChI is InChI=1S/C17H22ClF3N4O4S/c1-2-5-22-16(27)23-15(26)11-24-6-8-25(9-7-24)30(28,29)12-3-4-14(18)13(10-12)17(19,20)21/h3-4,10H,2,5-9,11H2,1H3,(H2,22,23,26,27). The summed E-state index contributed by atoms with van der Waals surface area (Å²) in [6.07, 6.45) is -4.06. The lowest BCUT2D eigenvalue weighted by Crippen LogP contribution is -2.52. The number of alkyl halides is 3. The molecule has 2 N–H and O–H groups in total. The van der Waals surface area contributed by atoms with E-state index in [-0.39, 0.29) is 32.7 Å². The second kappa shape index (κ2) is 9.94. The van der Waals surface area contributed by atoms with Gasteiger partial charge in [0.15, 0.2) is 0 Å². The molecule has 1 aromatic rings. The van der Waals surface area contributed by atoms with Crippen LogP contribution in [0, 0.1) is 0 Å². The molecule has 168 valence electrons. The van der Waals surface area contributed by atoms with Crippen LogP contribution in [0.1, 0.15) is 18.9 Å². The molecule has 0 radical (unpaired) electrons. The number of sulfonamides is 1. The van der Waals surface area contributed by atoms with E-state index >= 15 is 0 Å². The highest BCUT2D eigenvalue weighted by Gasteiger charge is 2.36. The molecule has 0 saturated carbocycles. The number of nitrogens with one attached hydrogen (secondary N) is 2. The highest BCUT2D eigenvalue weighted by atomic mass is 35.5. The summed E-state index contributed by atoms with van der Waals surface area (Å²) >= 11 is 5.55. The van der Waals surface area contributed by atoms with E-state index in [2.05, 4.69) is 10.6 Å². The van der Waals surface area contributed by atoms with Crippen LogP contribution < -0.4 is 10.6 Å². The number of amides is 3. The Bertz CT molecular complexity index is 887. The molecule has 1 saturated heterocycles. The largest absolute Gasteiger partial charge is 0.417 e. The molecular formula is C17H22ClF3N4O4S. The SMILES string of the molecule is CCCNC(=O)NC(=O)CN1CCN(S(=O)(=O)c2ccc(Cl)c(C(F)(F)F)c2)CC1. The van der Waals surface area contributed by atoms with Gasteiger partial charge in [0.05, 0.1) is 22.0 Å². The first-order valence-corrected chi connectivity index (χ1v) is 10.9. The smallest absolute Gasteiger partial charge is 0.338 e. The van der Waals surface area contributed by atoms with Crippen molar-refractivity contribution in [2.24, 2.45) is 0 Å². The maximum atomic E-state index is 13.0. The van der Waals surface area contributed by atoms with E-state index in [1.54, 1.807) is 4.90 Å². The zero-order valence-corrected chi connectivity index (χ0v) is 17.7. The molecule has 0 aromatic heterocycles. The van der Waals surface area contributed by atoms with Crippen LogP contribution in [0.15, 0.2) is 23.1 Å². The monoisotopic (exact) mass is 470 g/mol. The van der Waals surface area contributed by atoms with E-state index in [1.807, 2.05) is 6.92 Å². The second-order valence-electron chi connectivity index (χ2n) is 6.62. The lowest BCUT2D eigenvalue weighted by atomic mass is 10.2. The molecule has 1 fully saturated rings. The molecule has 1 aliphatic heterocycles. The Balaban J connectivity index is 1.97. The minimum atomic E-state index is -4.78. The number of benzene rings is 1. The Hall–Kier alpha value is -1.89. The third kappa shape index (κ3) is 6.30. The number of carbonyl (C=O) groups is 2. The Morgan fingerprint density at radius 1 is 1.17 bits per heavy atom. The molecule has 2 rings (SSSR count). The van der Waals surface area contributed by atoms with Crippen molar-refractivity contribution < 1.29 is 31.2 Å². The molecule has 0 atom stereocenters. The first-order chi connectivity index (χ1) is 13.9. The first kappa shape index (κ1) is 24.4. The molecule has 1 heterocycles. The van der Waals surface area contributed by atoms with Gasteiger partial charge in [-0.2, -0.15) is 17.5 Å². The highest BCUT2D eigenvalue weighted by Crippen LogP contribution is 2.36. The molecule has 1 aliphatic rings. The average molecular weight is 471 g/mol. The van der Waals surface area contributed by atoms with Crippen molar-refractivity contribution in [2.45, 2.75) is 24.4 Å². The molecule has 13 heteroatoms. The lowest BCUT2D eigenvalue weighted by molar-refractivity contribution is -0.137. The molecule has 0 spiro atoms. The predicted molar refractivity (Wildman–Crippen MR) is 103 cm³/mol. The number of urea groups is 1. The zero-order chi connectivity index (χ0) is 22.5. The fraction of sp³-hybridized carbons (Fsp3) is 0.529. The van der Waals surface area contributed by atoms with Crippen LogP contribution in [0.2, 0.25) is 5.02 Å². The predicted octanol–water partition coefficient (Wildman–Crippen LogP) is 1.90. The van der Waals surface area contributed by atoms with Gasteiger partial charge in [0.1, 0.15) is 0 Å². The summed E-state index contributed by atoms with van der Waals surface area (Å²) in [5.41, 5.74) is -1.22. The van der Waals surface area contributed by atoms with Crippen LogP contribution in [0.3, 0.4) is 0 Å². The Morgan fingerprint density at radius 3 is 2.37 bits per heavy atom. The summed E-state index contributed by atoms with van der Waals surface area (Å²) in [6, 6.07) is 1.85. The highest BCUT2D eigenvalue weighted by molar-refractivity contribution is 7.89. The summed E-state index contributed by atoms with van der Waals surface area (Å²) < 4.78 is 65.6. The number of piperazine rings is 1. The van der Waals surface area contributed by atoms with Gasteiger partial charge >= 0.3 is 12.2 Å². The van der Waals surface area contributed by atoms with E-state index in [4.69, 9.17) is 11.6 Å². The van der Waals surface area contributed by atoms with E-state index in [1.165, 1.54) is 0 Å². The molecule has 1 aromatic carbocycles. The van der Waals surface area contributed by atoms with Crippen molar-refractivity contribution in [1.82, 2.24) is 19.8 Å². The van der Waals surface area contributed by atoms with Gasteiger partial charge in [0.2, 0.25) is 15.9 Å². The van der Waals surface area contributed by atoms with Crippen LogP contribution in [-0.4, -0.2) is 68.8 Å². The van der Waals surface area contributed by atoms with Crippen molar-refractivity contribution in [2.75, 3.05) is 39.3 Å². The topological polar surface area (TPSA) is 98.8 Å². The number of rotatable bonds is 6. The lowest BCUT2D eigenvalue weighted by Gasteiger charge is -2.33. The molecule has 0 unspecified atom stereocenters. The van der Waals surface area contributed by atoms with Crippen molar-refractivity contribution in [3.05, 3.63) is 28.8 Å². The molecule has 0 aliphatic carbocycles. The molecule has 30 heavy (non-hydrogen) atoms. The van der Waals surface area contributed by atoms with E-state index < -0.39 is 43.6 Å². The Morgan fingerprint density at radius 2 is 1.80 bits per heavy atom. The number of carbonyl (C=O) groups excluding carboxylic acids is 2. The summed E-state index contributed by atoms with van der Waals surface area (Å²) in [4.78, 5) is 24.5. The number of halogens is 4. The Kier molecular flexibility index (Phi) is 8.08. The summed E-state index contributed by atoms with van der Waals surface area (Å²) in [5, 5.41) is 4.09. The fourth-order valence-corrected chi connectivity index (χ4v) is 4.48. The molecular weight excluding hydrogens is 449 g/mol. The van der Waals surface area contributed by atoms with Gasteiger partial charge in [-0.15, -0.1) is 0 Å². The average Bonchev–Trinajstić information content (AvgIpc) is 2.66. The van der Waals surface area contributed by atoms with Crippen molar-refractivity contribution in [3.63, 3.8) is 0 Å². The normalized spacial score (nSPS) is 16.3. The Labute approximate surface area is 177 Å². The van der Waals surface area contributed by atoms with Crippen LogP contribution in [0.5, 0.6) is 0 Å². The summed E-state index contributed by atoms with van der Waals surface area (Å²) in [5.74, 6) is -0.535. The van der Waals surface area contributed by atoms with Crippen molar-refractivity contribution in [3.8, 4) is 0 Å². The zero-order valence-electron chi connectivity index (χ0n) is 16.1. The van der Waals surface area contributed by atoms with Crippen molar-refractivity contribution in [1.29, 1.82) is 0 Å². The maximum absolute atomic E-state index is 13.0. The third-order valence-electron chi connectivity index (χ3n) is 4.37. The quantitative estimate of drug-likeness (QED) is 0.661. The van der Waals surface area contributed by atoms with Gasteiger partial charge in [0.25, 0.3) is 0 Å². The summed E-state index contributed by atoms with van der Waals surface area (Å²) in [6.45, 7) is 2.53. The summed E-state index contributed by atoms with van der Waals surface area (Å²) in [7, 11) is -4.16. The van der Waals surface area contributed by atoms with Gasteiger partial charge in [-0.1, -0.05) is 18.5 Å². The van der Waals surface area contributed by atoms with E-state index in [9.17, 15) is 31.2 Å². The molecule has 0 bridgehead atoms. The molecule has 8 nitrogen and oxygen atoms in total. The minimum absolute atomic E-state index is 0.0123. The second-order valence-corrected chi connectivity index (χ2v) is 8.97. The van der Waals surface area contributed by atoms with Gasteiger partial charge in [-0.05, 0) is 24.6 Å². The van der Waals surface area contributed by atoms with Gasteiger partial charge in [-0.25, -0.2) is 13.2 Å². The maximum Gasteiger partial charge on any atom is 0.417 e. The number of imide groups is 1. The van der Waals surface area contributed by atoms with Crippen LogP contribution in [0.4, 0.5) is 18.0 Å². The third-order valence-corrected chi connectivity index (χ3v) is 6.59. The van der Waals surface area contributed by atoms with Crippen molar-refractivity contribution >= 4 is 33.6 Å². The van der Waals surface area contributed by atoms with E-state index in [0.29, 0.717) is 12.6 Å². The van der Waals surface area contributed by atoms with Crippen LogP contribution >= 0.6 is 11.6 Å². The van der Waals surface area contributed by atoms with Crippen LogP contribution in [-0.2, 0) is 21.0 Å². The minimum Gasteiger partial charge on any atom is -0.338 e. The van der Waals surface area contributed by atoms with Gasteiger partial charge < -0.3 is 5.32 Å². The number of nitrogens with zero attached hydrogens (tertiary/aromatic N) is 2. The molecule has 3 amide bonds. The fourth-order valence-electron chi connectivity index (χ4n) is 2.81. The number of hydrogen-bond acceptors (Lipinski definition) is 5. The van der Waals surface area contributed by atoms with Gasteiger partial charge in [-0.3, -0.25) is 15.0 Å². The van der Waals surface area contributed by atoms with E-state index in [0.717, 1.165) is 22.9 Å².